The molecule has 0 aliphatic rings. The zero-order valence-electron chi connectivity index (χ0n) is 11.0. The Bertz CT molecular complexity index is 442. The lowest BCUT2D eigenvalue weighted by molar-refractivity contribution is 0.0739. The van der Waals surface area contributed by atoms with Gasteiger partial charge in [0, 0.05) is 6.04 Å². The summed E-state index contributed by atoms with van der Waals surface area (Å²) in [5, 5.41) is 4.01. The highest BCUT2D eigenvalue weighted by molar-refractivity contribution is 7.80. The SMILES string of the molecule is CC(C)c1nnsc1C(=O)N(CC(N)=S)C(C)C. The number of nitrogens with two attached hydrogens (primary N) is 1. The maximum atomic E-state index is 12.4. The minimum absolute atomic E-state index is 0.0288. The third-order valence-corrected chi connectivity index (χ3v) is 3.32. The topological polar surface area (TPSA) is 72.1 Å². The summed E-state index contributed by atoms with van der Waals surface area (Å²) < 4.78 is 3.87. The van der Waals surface area contributed by atoms with Crippen LogP contribution in [0.5, 0.6) is 0 Å². The quantitative estimate of drug-likeness (QED) is 0.836. The summed E-state index contributed by atoms with van der Waals surface area (Å²) in [7, 11) is 0. The third kappa shape index (κ3) is 3.46. The third-order valence-electron chi connectivity index (χ3n) is 2.46. The van der Waals surface area contributed by atoms with Crippen LogP contribution in [0, 0.1) is 0 Å². The fourth-order valence-corrected chi connectivity index (χ4v) is 2.43. The van der Waals surface area contributed by atoms with Gasteiger partial charge in [0.2, 0.25) is 0 Å². The normalized spacial score (nSPS) is 11.0. The van der Waals surface area contributed by atoms with Gasteiger partial charge in [-0.25, -0.2) is 0 Å². The second-order valence-electron chi connectivity index (χ2n) is 4.64. The number of thiocarbonyl (C=S) groups is 1. The molecule has 0 aliphatic heterocycles. The molecule has 1 rings (SSSR count). The molecular formula is C11H18N4OS2. The molecule has 7 heteroatoms. The number of amides is 1. The van der Waals surface area contributed by atoms with Crippen LogP contribution in [-0.4, -0.2) is 38.0 Å². The first-order valence-electron chi connectivity index (χ1n) is 5.76. The van der Waals surface area contributed by atoms with Crippen LogP contribution in [0.1, 0.15) is 49.0 Å². The number of carbonyl (C=O) groups is 1. The zero-order valence-corrected chi connectivity index (χ0v) is 12.6. The van der Waals surface area contributed by atoms with Gasteiger partial charge in [0.25, 0.3) is 5.91 Å². The molecule has 0 atom stereocenters. The second kappa shape index (κ2) is 6.19. The van der Waals surface area contributed by atoms with Crippen LogP contribution in [0.15, 0.2) is 0 Å². The molecule has 1 amide bonds. The van der Waals surface area contributed by atoms with Crippen molar-refractivity contribution < 1.29 is 4.79 Å². The van der Waals surface area contributed by atoms with E-state index in [1.807, 2.05) is 27.7 Å². The molecule has 18 heavy (non-hydrogen) atoms. The number of rotatable bonds is 5. The van der Waals surface area contributed by atoms with Crippen molar-refractivity contribution in [3.63, 3.8) is 0 Å². The summed E-state index contributed by atoms with van der Waals surface area (Å²) in [6, 6.07) is 0.0288. The van der Waals surface area contributed by atoms with Crippen molar-refractivity contribution in [1.82, 2.24) is 14.5 Å². The smallest absolute Gasteiger partial charge is 0.268 e. The van der Waals surface area contributed by atoms with Gasteiger partial charge in [0.1, 0.15) is 4.88 Å². The predicted octanol–water partition coefficient (Wildman–Crippen LogP) is 1.80. The Morgan fingerprint density at radius 2 is 2.06 bits per heavy atom. The summed E-state index contributed by atoms with van der Waals surface area (Å²) in [5.74, 6) is 0.0676. The van der Waals surface area contributed by atoms with Gasteiger partial charge in [-0.05, 0) is 31.3 Å². The molecule has 5 nitrogen and oxygen atoms in total. The first kappa shape index (κ1) is 15.0. The number of hydrogen-bond donors (Lipinski definition) is 1. The lowest BCUT2D eigenvalue weighted by atomic mass is 10.1. The van der Waals surface area contributed by atoms with Gasteiger partial charge in [-0.2, -0.15) is 0 Å². The van der Waals surface area contributed by atoms with Gasteiger partial charge in [0.05, 0.1) is 17.2 Å². The maximum Gasteiger partial charge on any atom is 0.268 e. The molecule has 1 aromatic rings. The Morgan fingerprint density at radius 3 is 2.50 bits per heavy atom. The van der Waals surface area contributed by atoms with Crippen LogP contribution in [0.3, 0.4) is 0 Å². The number of aromatic nitrogens is 2. The molecule has 100 valence electrons. The van der Waals surface area contributed by atoms with Crippen molar-refractivity contribution in [2.45, 2.75) is 39.7 Å². The first-order chi connectivity index (χ1) is 8.34. The van der Waals surface area contributed by atoms with E-state index in [2.05, 4.69) is 9.59 Å². The molecule has 0 saturated carbocycles. The minimum atomic E-state index is -0.100. The molecule has 0 unspecified atom stereocenters. The summed E-state index contributed by atoms with van der Waals surface area (Å²) in [6.45, 7) is 8.11. The van der Waals surface area contributed by atoms with Crippen LogP contribution in [0.2, 0.25) is 0 Å². The number of nitrogens with zero attached hydrogens (tertiary/aromatic N) is 3. The average Bonchev–Trinajstić information content (AvgIpc) is 2.73. The minimum Gasteiger partial charge on any atom is -0.392 e. The standard InChI is InChI=1S/C11H18N4OS2/c1-6(2)9-10(18-14-13-9)11(16)15(7(3)4)5-8(12)17/h6-7H,5H2,1-4H3,(H2,12,17). The Morgan fingerprint density at radius 1 is 1.44 bits per heavy atom. The van der Waals surface area contributed by atoms with E-state index < -0.39 is 0 Å². The molecule has 2 N–H and O–H groups in total. The molecule has 0 bridgehead atoms. The van der Waals surface area contributed by atoms with Crippen molar-refractivity contribution in [1.29, 1.82) is 0 Å². The van der Waals surface area contributed by atoms with E-state index in [-0.39, 0.29) is 24.4 Å². The highest BCUT2D eigenvalue weighted by Crippen LogP contribution is 2.22. The van der Waals surface area contributed by atoms with E-state index in [9.17, 15) is 4.79 Å². The van der Waals surface area contributed by atoms with E-state index in [1.165, 1.54) is 0 Å². The van der Waals surface area contributed by atoms with Crippen molar-refractivity contribution in [3.8, 4) is 0 Å². The molecule has 1 heterocycles. The van der Waals surface area contributed by atoms with E-state index in [0.29, 0.717) is 9.87 Å². The van der Waals surface area contributed by atoms with Crippen LogP contribution < -0.4 is 5.73 Å². The largest absolute Gasteiger partial charge is 0.392 e. The molecule has 1 aromatic heterocycles. The Hall–Kier alpha value is -1.08. The molecule has 0 aliphatic carbocycles. The van der Waals surface area contributed by atoms with Crippen molar-refractivity contribution in [2.24, 2.45) is 5.73 Å². The van der Waals surface area contributed by atoms with E-state index in [1.54, 1.807) is 4.90 Å². The van der Waals surface area contributed by atoms with Crippen LogP contribution >= 0.6 is 23.8 Å². The first-order valence-corrected chi connectivity index (χ1v) is 6.94. The fourth-order valence-electron chi connectivity index (χ4n) is 1.51. The maximum absolute atomic E-state index is 12.4. The average molecular weight is 286 g/mol. The fraction of sp³-hybridized carbons (Fsp3) is 0.636. The van der Waals surface area contributed by atoms with E-state index >= 15 is 0 Å². The molecular weight excluding hydrogens is 268 g/mol. The number of carbonyl (C=O) groups excluding carboxylic acids is 1. The molecule has 0 saturated heterocycles. The lowest BCUT2D eigenvalue weighted by Gasteiger charge is -2.25. The van der Waals surface area contributed by atoms with Gasteiger partial charge in [0.15, 0.2) is 0 Å². The predicted molar refractivity (Wildman–Crippen MR) is 77.0 cm³/mol. The van der Waals surface area contributed by atoms with Crippen LogP contribution in [-0.2, 0) is 0 Å². The van der Waals surface area contributed by atoms with Gasteiger partial charge in [-0.1, -0.05) is 30.6 Å². The van der Waals surface area contributed by atoms with Gasteiger partial charge in [-0.3, -0.25) is 4.79 Å². The molecule has 0 fully saturated rings. The number of hydrogen-bond acceptors (Lipinski definition) is 5. The molecule has 0 aromatic carbocycles. The van der Waals surface area contributed by atoms with Gasteiger partial charge in [-0.15, -0.1) is 5.10 Å². The Balaban J connectivity index is 3.02. The van der Waals surface area contributed by atoms with Gasteiger partial charge >= 0.3 is 0 Å². The summed E-state index contributed by atoms with van der Waals surface area (Å²) in [6.07, 6.45) is 0. The highest BCUT2D eigenvalue weighted by atomic mass is 32.1. The highest BCUT2D eigenvalue weighted by Gasteiger charge is 2.25. The van der Waals surface area contributed by atoms with Crippen LogP contribution in [0.4, 0.5) is 0 Å². The van der Waals surface area contributed by atoms with Crippen molar-refractivity contribution in [2.75, 3.05) is 6.54 Å². The van der Waals surface area contributed by atoms with E-state index in [0.717, 1.165) is 17.2 Å². The van der Waals surface area contributed by atoms with E-state index in [4.69, 9.17) is 18.0 Å². The van der Waals surface area contributed by atoms with Crippen molar-refractivity contribution in [3.05, 3.63) is 10.6 Å². The monoisotopic (exact) mass is 286 g/mol. The van der Waals surface area contributed by atoms with Gasteiger partial charge < -0.3 is 10.6 Å². The zero-order chi connectivity index (χ0) is 13.9. The summed E-state index contributed by atoms with van der Waals surface area (Å²) >= 11 is 6.00. The molecule has 0 spiro atoms. The lowest BCUT2D eigenvalue weighted by Crippen LogP contribution is -2.42. The second-order valence-corrected chi connectivity index (χ2v) is 5.91. The Labute approximate surface area is 117 Å². The van der Waals surface area contributed by atoms with Crippen molar-refractivity contribution >= 4 is 34.6 Å². The Kier molecular flexibility index (Phi) is 5.15. The molecule has 0 radical (unpaired) electrons. The summed E-state index contributed by atoms with van der Waals surface area (Å²) in [4.78, 5) is 15.0. The van der Waals surface area contributed by atoms with Crippen LogP contribution in [0.25, 0.3) is 0 Å². The summed E-state index contributed by atoms with van der Waals surface area (Å²) in [5.41, 5.74) is 6.26.